The van der Waals surface area contributed by atoms with Crippen molar-refractivity contribution >= 4 is 23.1 Å². The van der Waals surface area contributed by atoms with Crippen LogP contribution in [0.1, 0.15) is 0 Å². The van der Waals surface area contributed by atoms with Gasteiger partial charge in [0.2, 0.25) is 0 Å². The molecule has 0 saturated heterocycles. The van der Waals surface area contributed by atoms with Crippen molar-refractivity contribution in [2.24, 2.45) is 7.05 Å². The van der Waals surface area contributed by atoms with Gasteiger partial charge in [0.05, 0.1) is 0 Å². The highest BCUT2D eigenvalue weighted by molar-refractivity contribution is 7.04. The smallest absolute Gasteiger partial charge is 0.268 e. The van der Waals surface area contributed by atoms with Crippen molar-refractivity contribution in [2.45, 2.75) is 0 Å². The molecule has 0 spiro atoms. The number of aryl methyl sites for hydroxylation is 1. The molecule has 0 aromatic carbocycles. The SMILES string of the molecule is Cn1cc(Cl)c(=O)s1. The number of aromatic nitrogens is 1. The monoisotopic (exact) mass is 149 g/mol. The molecule has 0 bridgehead atoms. The molecule has 0 aliphatic rings. The highest BCUT2D eigenvalue weighted by atomic mass is 35.5. The molecule has 1 aromatic rings. The fourth-order valence-electron chi connectivity index (χ4n) is 0.413. The van der Waals surface area contributed by atoms with Gasteiger partial charge in [0.1, 0.15) is 5.02 Å². The summed E-state index contributed by atoms with van der Waals surface area (Å²) in [6.45, 7) is 0. The molecule has 0 atom stereocenters. The Morgan fingerprint density at radius 3 is 2.62 bits per heavy atom. The maximum Gasteiger partial charge on any atom is 0.268 e. The topological polar surface area (TPSA) is 22.0 Å². The summed E-state index contributed by atoms with van der Waals surface area (Å²) in [5, 5.41) is 0.303. The van der Waals surface area contributed by atoms with Gasteiger partial charge < -0.3 is 3.96 Å². The van der Waals surface area contributed by atoms with Crippen molar-refractivity contribution in [1.82, 2.24) is 3.96 Å². The zero-order valence-corrected chi connectivity index (χ0v) is 5.79. The van der Waals surface area contributed by atoms with Crippen molar-refractivity contribution < 1.29 is 0 Å². The molecule has 0 saturated carbocycles. The number of hydrogen-bond donors (Lipinski definition) is 0. The molecule has 0 N–H and O–H groups in total. The molecule has 8 heavy (non-hydrogen) atoms. The summed E-state index contributed by atoms with van der Waals surface area (Å²) in [5.41, 5.74) is 0. The van der Waals surface area contributed by atoms with E-state index < -0.39 is 0 Å². The van der Waals surface area contributed by atoms with Gasteiger partial charge in [-0.05, 0) is 11.5 Å². The molecule has 1 rings (SSSR count). The average Bonchev–Trinajstić information content (AvgIpc) is 1.85. The second kappa shape index (κ2) is 1.91. The zero-order valence-electron chi connectivity index (χ0n) is 4.22. The van der Waals surface area contributed by atoms with Crippen LogP contribution in [0, 0.1) is 0 Å². The molecular weight excluding hydrogens is 146 g/mol. The van der Waals surface area contributed by atoms with Gasteiger partial charge in [-0.3, -0.25) is 4.79 Å². The molecular formula is C4H4ClNOS. The van der Waals surface area contributed by atoms with E-state index in [1.54, 1.807) is 17.2 Å². The first kappa shape index (κ1) is 5.85. The van der Waals surface area contributed by atoms with Crippen molar-refractivity contribution in [3.8, 4) is 0 Å². The minimum absolute atomic E-state index is 0.0748. The van der Waals surface area contributed by atoms with Gasteiger partial charge in [-0.25, -0.2) is 0 Å². The molecule has 4 heteroatoms. The van der Waals surface area contributed by atoms with Crippen LogP contribution in [0.2, 0.25) is 5.02 Å². The maximum absolute atomic E-state index is 10.5. The molecule has 0 fully saturated rings. The quantitative estimate of drug-likeness (QED) is 0.542. The van der Waals surface area contributed by atoms with E-state index in [0.717, 1.165) is 11.5 Å². The Balaban J connectivity index is 3.35. The summed E-state index contributed by atoms with van der Waals surface area (Å²) in [7, 11) is 1.78. The highest BCUT2D eigenvalue weighted by Crippen LogP contribution is 2.01. The standard InChI is InChI=1S/C4H4ClNOS/c1-6-2-3(5)4(7)8-6/h2H,1H3. The molecule has 0 amide bonds. The van der Waals surface area contributed by atoms with Crippen LogP contribution in [-0.2, 0) is 7.05 Å². The third-order valence-electron chi connectivity index (χ3n) is 0.717. The molecule has 1 heterocycles. The lowest BCUT2D eigenvalue weighted by Gasteiger charge is -1.77. The second-order valence-corrected chi connectivity index (χ2v) is 2.94. The first-order valence-electron chi connectivity index (χ1n) is 2.02. The molecule has 0 aliphatic heterocycles. The van der Waals surface area contributed by atoms with E-state index in [1.807, 2.05) is 0 Å². The Morgan fingerprint density at radius 2 is 2.50 bits per heavy atom. The molecule has 2 nitrogen and oxygen atoms in total. The molecule has 0 radical (unpaired) electrons. The fraction of sp³-hybridized carbons (Fsp3) is 0.250. The van der Waals surface area contributed by atoms with E-state index in [-0.39, 0.29) is 4.74 Å². The number of hydrogen-bond acceptors (Lipinski definition) is 2. The summed E-state index contributed by atoms with van der Waals surface area (Å²) in [6.07, 6.45) is 1.59. The Kier molecular flexibility index (Phi) is 1.40. The van der Waals surface area contributed by atoms with E-state index in [9.17, 15) is 4.79 Å². The van der Waals surface area contributed by atoms with Crippen LogP contribution < -0.4 is 4.74 Å². The van der Waals surface area contributed by atoms with Gasteiger partial charge in [0.15, 0.2) is 0 Å². The van der Waals surface area contributed by atoms with Crippen molar-refractivity contribution in [3.05, 3.63) is 20.8 Å². The maximum atomic E-state index is 10.5. The van der Waals surface area contributed by atoms with E-state index in [4.69, 9.17) is 11.6 Å². The summed E-state index contributed by atoms with van der Waals surface area (Å²) < 4.78 is 1.60. The van der Waals surface area contributed by atoms with Gasteiger partial charge in [-0.15, -0.1) is 0 Å². The largest absolute Gasteiger partial charge is 0.304 e. The molecule has 0 aliphatic carbocycles. The second-order valence-electron chi connectivity index (χ2n) is 1.40. The normalized spacial score (nSPS) is 9.75. The van der Waals surface area contributed by atoms with Crippen molar-refractivity contribution in [2.75, 3.05) is 0 Å². The predicted octanol–water partition coefficient (Wildman–Crippen LogP) is 1.10. The summed E-state index contributed by atoms with van der Waals surface area (Å²) >= 11 is 6.50. The lowest BCUT2D eigenvalue weighted by atomic mass is 10.7. The molecule has 44 valence electrons. The van der Waals surface area contributed by atoms with Gasteiger partial charge >= 0.3 is 0 Å². The van der Waals surface area contributed by atoms with E-state index in [2.05, 4.69) is 0 Å². The van der Waals surface area contributed by atoms with Crippen LogP contribution in [0.15, 0.2) is 11.0 Å². The summed E-state index contributed by atoms with van der Waals surface area (Å²) in [6, 6.07) is 0. The van der Waals surface area contributed by atoms with Crippen LogP contribution in [0.25, 0.3) is 0 Å². The Bertz CT molecular complexity index is 238. The van der Waals surface area contributed by atoms with Crippen LogP contribution >= 0.6 is 23.1 Å². The van der Waals surface area contributed by atoms with Crippen LogP contribution in [0.5, 0.6) is 0 Å². The van der Waals surface area contributed by atoms with E-state index >= 15 is 0 Å². The van der Waals surface area contributed by atoms with Crippen LogP contribution in [0.4, 0.5) is 0 Å². The van der Waals surface area contributed by atoms with Crippen LogP contribution in [0.3, 0.4) is 0 Å². The first-order chi connectivity index (χ1) is 3.70. The Labute approximate surface area is 55.5 Å². The van der Waals surface area contributed by atoms with Gasteiger partial charge in [0, 0.05) is 13.2 Å². The fourth-order valence-corrected chi connectivity index (χ4v) is 1.28. The summed E-state index contributed by atoms with van der Waals surface area (Å²) in [5.74, 6) is 0. The van der Waals surface area contributed by atoms with E-state index in [1.165, 1.54) is 0 Å². The van der Waals surface area contributed by atoms with Crippen molar-refractivity contribution in [1.29, 1.82) is 0 Å². The molecule has 1 aromatic heterocycles. The zero-order chi connectivity index (χ0) is 6.15. The van der Waals surface area contributed by atoms with Crippen LogP contribution in [-0.4, -0.2) is 3.96 Å². The number of nitrogens with zero attached hydrogens (tertiary/aromatic N) is 1. The minimum atomic E-state index is -0.0748. The third-order valence-corrected chi connectivity index (χ3v) is 1.88. The minimum Gasteiger partial charge on any atom is -0.304 e. The van der Waals surface area contributed by atoms with E-state index in [0.29, 0.717) is 5.02 Å². The molecule has 0 unspecified atom stereocenters. The van der Waals surface area contributed by atoms with Gasteiger partial charge in [-0.1, -0.05) is 11.6 Å². The first-order valence-corrected chi connectivity index (χ1v) is 3.18. The van der Waals surface area contributed by atoms with Crippen molar-refractivity contribution in [3.63, 3.8) is 0 Å². The Morgan fingerprint density at radius 1 is 1.88 bits per heavy atom. The average molecular weight is 150 g/mol. The lowest BCUT2D eigenvalue weighted by molar-refractivity contribution is 1.03. The lowest BCUT2D eigenvalue weighted by Crippen LogP contribution is -1.84. The summed E-state index contributed by atoms with van der Waals surface area (Å²) in [4.78, 5) is 10.5. The number of rotatable bonds is 0. The van der Waals surface area contributed by atoms with Gasteiger partial charge in [-0.2, -0.15) is 0 Å². The number of halogens is 1. The van der Waals surface area contributed by atoms with Gasteiger partial charge in [0.25, 0.3) is 4.74 Å². The third kappa shape index (κ3) is 0.928. The Hall–Kier alpha value is -0.280. The highest BCUT2D eigenvalue weighted by Gasteiger charge is 1.95. The predicted molar refractivity (Wildman–Crippen MR) is 34.6 cm³/mol.